The minimum absolute atomic E-state index is 0. The van der Waals surface area contributed by atoms with Crippen molar-refractivity contribution in [1.82, 2.24) is 5.32 Å². The Morgan fingerprint density at radius 2 is 1.89 bits per heavy atom. The number of hydrogen-bond acceptors (Lipinski definition) is 3. The van der Waals surface area contributed by atoms with Gasteiger partial charge in [-0.2, -0.15) is 0 Å². The number of hydrogen-bond donors (Lipinski definition) is 2. The summed E-state index contributed by atoms with van der Waals surface area (Å²) in [5.41, 5.74) is 0. The minimum Gasteiger partial charge on any atom is -0.394 e. The van der Waals surface area contributed by atoms with Gasteiger partial charge in [0.05, 0.1) is 19.8 Å². The van der Waals surface area contributed by atoms with Gasteiger partial charge in [-0.15, -0.1) is 0 Å². The number of amides is 1. The van der Waals surface area contributed by atoms with Gasteiger partial charge in [0.25, 0.3) is 0 Å². The second-order valence-corrected chi connectivity index (χ2v) is 5.48. The molecule has 0 bridgehead atoms. The van der Waals surface area contributed by atoms with Crippen LogP contribution in [0.25, 0.3) is 0 Å². The van der Waals surface area contributed by atoms with E-state index in [0.717, 1.165) is 24.7 Å². The average molecular weight is 308 g/mol. The summed E-state index contributed by atoms with van der Waals surface area (Å²) in [6.45, 7) is 5.94. The van der Waals surface area contributed by atoms with E-state index in [0.29, 0.717) is 19.8 Å². The molecule has 19 heavy (non-hydrogen) atoms. The van der Waals surface area contributed by atoms with E-state index in [-0.39, 0.29) is 37.0 Å². The maximum Gasteiger partial charge on any atom is 0.223 e. The van der Waals surface area contributed by atoms with Gasteiger partial charge in [-0.1, -0.05) is 13.8 Å². The first kappa shape index (κ1) is 19.0. The molecule has 2 N–H and O–H groups in total. The molecular weight excluding hydrogens is 281 g/mol. The van der Waals surface area contributed by atoms with Crippen molar-refractivity contribution in [2.45, 2.75) is 39.5 Å². The molecule has 0 unspecified atom stereocenters. The normalized spacial score (nSPS) is 22.9. The van der Waals surface area contributed by atoms with Crippen molar-refractivity contribution >= 4 is 5.91 Å². The molecule has 1 aliphatic rings. The van der Waals surface area contributed by atoms with Crippen LogP contribution in [0.4, 0.5) is 0 Å². The Hall–Kier alpha value is -0.0256. The van der Waals surface area contributed by atoms with Crippen molar-refractivity contribution < 1.29 is 33.2 Å². The van der Waals surface area contributed by atoms with Crippen molar-refractivity contribution in [3.63, 3.8) is 0 Å². The smallest absolute Gasteiger partial charge is 0.223 e. The summed E-state index contributed by atoms with van der Waals surface area (Å²) >= 11 is 0. The molecule has 1 aliphatic carbocycles. The molecule has 1 radical (unpaired) electrons. The van der Waals surface area contributed by atoms with Crippen molar-refractivity contribution in [2.75, 3.05) is 26.4 Å². The molecule has 0 spiro atoms. The van der Waals surface area contributed by atoms with Gasteiger partial charge in [0, 0.05) is 31.0 Å². The molecule has 4 nitrogen and oxygen atoms in total. The minimum atomic E-state index is 0. The zero-order chi connectivity index (χ0) is 13.4. The van der Waals surface area contributed by atoms with E-state index < -0.39 is 0 Å². The Bertz CT molecular complexity index is 241. The van der Waals surface area contributed by atoms with Gasteiger partial charge < -0.3 is 15.2 Å². The molecule has 0 aromatic carbocycles. The second-order valence-electron chi connectivity index (χ2n) is 5.48. The fourth-order valence-corrected chi connectivity index (χ4v) is 2.61. The SMILES string of the molecule is CC(C)C1CCC(C(=O)NCCOCCO)CC1.[V]. The predicted octanol–water partition coefficient (Wildman–Crippen LogP) is 1.57. The van der Waals surface area contributed by atoms with E-state index in [1.165, 1.54) is 12.8 Å². The zero-order valence-electron chi connectivity index (χ0n) is 12.1. The molecule has 1 saturated carbocycles. The number of ether oxygens (including phenoxy) is 1. The van der Waals surface area contributed by atoms with Crippen LogP contribution in [0, 0.1) is 17.8 Å². The Balaban J connectivity index is 0.00000324. The van der Waals surface area contributed by atoms with E-state index in [1.807, 2.05) is 0 Å². The Morgan fingerprint density at radius 1 is 1.26 bits per heavy atom. The molecule has 0 heterocycles. The van der Waals surface area contributed by atoms with Crippen LogP contribution in [0.3, 0.4) is 0 Å². The van der Waals surface area contributed by atoms with Crippen LogP contribution in [0.5, 0.6) is 0 Å². The maximum absolute atomic E-state index is 11.9. The third-order valence-electron chi connectivity index (χ3n) is 3.87. The van der Waals surface area contributed by atoms with Crippen LogP contribution < -0.4 is 5.32 Å². The Morgan fingerprint density at radius 3 is 2.42 bits per heavy atom. The largest absolute Gasteiger partial charge is 0.394 e. The summed E-state index contributed by atoms with van der Waals surface area (Å²) in [7, 11) is 0. The quantitative estimate of drug-likeness (QED) is 0.702. The van der Waals surface area contributed by atoms with Gasteiger partial charge in [0.15, 0.2) is 0 Å². The van der Waals surface area contributed by atoms with Crippen molar-refractivity contribution in [3.8, 4) is 0 Å². The summed E-state index contributed by atoms with van der Waals surface area (Å²) in [4.78, 5) is 11.9. The van der Waals surface area contributed by atoms with Crippen LogP contribution in [0.1, 0.15) is 39.5 Å². The Labute approximate surface area is 128 Å². The van der Waals surface area contributed by atoms with Gasteiger partial charge in [-0.25, -0.2) is 0 Å². The number of carbonyl (C=O) groups is 1. The van der Waals surface area contributed by atoms with Crippen molar-refractivity contribution in [1.29, 1.82) is 0 Å². The molecular formula is C14H27NO3V. The molecule has 0 atom stereocenters. The monoisotopic (exact) mass is 308 g/mol. The van der Waals surface area contributed by atoms with Gasteiger partial charge in [-0.3, -0.25) is 4.79 Å². The predicted molar refractivity (Wildman–Crippen MR) is 71.2 cm³/mol. The number of nitrogens with one attached hydrogen (secondary N) is 1. The van der Waals surface area contributed by atoms with Gasteiger partial charge >= 0.3 is 0 Å². The number of rotatable bonds is 7. The fourth-order valence-electron chi connectivity index (χ4n) is 2.61. The summed E-state index contributed by atoms with van der Waals surface area (Å²) < 4.78 is 5.10. The molecule has 0 aliphatic heterocycles. The van der Waals surface area contributed by atoms with Gasteiger partial charge in [-0.05, 0) is 37.5 Å². The Kier molecular flexibility index (Phi) is 10.7. The summed E-state index contributed by atoms with van der Waals surface area (Å²) in [6.07, 6.45) is 4.39. The molecule has 5 heteroatoms. The van der Waals surface area contributed by atoms with Crippen LogP contribution in [0.2, 0.25) is 0 Å². The topological polar surface area (TPSA) is 58.6 Å². The van der Waals surface area contributed by atoms with Gasteiger partial charge in [0.1, 0.15) is 0 Å². The van der Waals surface area contributed by atoms with Gasteiger partial charge in [0.2, 0.25) is 5.91 Å². The molecule has 0 aromatic heterocycles. The summed E-state index contributed by atoms with van der Waals surface area (Å²) in [5, 5.41) is 11.4. The number of aliphatic hydroxyl groups excluding tert-OH is 1. The van der Waals surface area contributed by atoms with Crippen LogP contribution in [0.15, 0.2) is 0 Å². The first-order chi connectivity index (χ1) is 8.65. The fraction of sp³-hybridized carbons (Fsp3) is 0.929. The van der Waals surface area contributed by atoms with E-state index in [4.69, 9.17) is 9.84 Å². The van der Waals surface area contributed by atoms with Crippen molar-refractivity contribution in [3.05, 3.63) is 0 Å². The number of carbonyl (C=O) groups excluding carboxylic acids is 1. The molecule has 1 rings (SSSR count). The third-order valence-corrected chi connectivity index (χ3v) is 3.87. The van der Waals surface area contributed by atoms with E-state index in [2.05, 4.69) is 19.2 Å². The van der Waals surface area contributed by atoms with Crippen LogP contribution in [-0.2, 0) is 28.1 Å². The van der Waals surface area contributed by atoms with Crippen LogP contribution >= 0.6 is 0 Å². The summed E-state index contributed by atoms with van der Waals surface area (Å²) in [6, 6.07) is 0. The standard InChI is InChI=1S/C14H27NO3.V/c1-11(2)12-3-5-13(6-4-12)14(17)15-7-9-18-10-8-16;/h11-13,16H,3-10H2,1-2H3,(H,15,17);. The van der Waals surface area contributed by atoms with E-state index >= 15 is 0 Å². The molecule has 111 valence electrons. The van der Waals surface area contributed by atoms with E-state index in [9.17, 15) is 4.79 Å². The maximum atomic E-state index is 11.9. The molecule has 1 fully saturated rings. The third kappa shape index (κ3) is 7.35. The first-order valence-corrected chi connectivity index (χ1v) is 7.11. The molecule has 0 aromatic rings. The molecule has 1 amide bonds. The average Bonchev–Trinajstić information content (AvgIpc) is 2.38. The first-order valence-electron chi connectivity index (χ1n) is 7.11. The zero-order valence-corrected chi connectivity index (χ0v) is 13.5. The van der Waals surface area contributed by atoms with Crippen molar-refractivity contribution in [2.24, 2.45) is 17.8 Å². The van der Waals surface area contributed by atoms with Crippen LogP contribution in [-0.4, -0.2) is 37.4 Å². The van der Waals surface area contributed by atoms with E-state index in [1.54, 1.807) is 0 Å². The summed E-state index contributed by atoms with van der Waals surface area (Å²) in [5.74, 6) is 1.89. The number of aliphatic hydroxyl groups is 1. The second kappa shape index (κ2) is 10.7. The molecule has 0 saturated heterocycles.